The summed E-state index contributed by atoms with van der Waals surface area (Å²) in [4.78, 5) is 38.3. The maximum absolute atomic E-state index is 12.9. The van der Waals surface area contributed by atoms with E-state index in [4.69, 9.17) is 4.74 Å². The van der Waals surface area contributed by atoms with Crippen LogP contribution in [0, 0.1) is 5.41 Å². The molecule has 0 saturated carbocycles. The zero-order valence-corrected chi connectivity index (χ0v) is 17.3. The van der Waals surface area contributed by atoms with Gasteiger partial charge in [0.15, 0.2) is 6.04 Å². The summed E-state index contributed by atoms with van der Waals surface area (Å²) in [6, 6.07) is 14.4. The maximum Gasteiger partial charge on any atom is 0.328 e. The quantitative estimate of drug-likeness (QED) is 0.682. The standard InChI is InChI=1S/C23H26N2O5/c1-15(17-7-5-4-6-8-17)24-22(29)25-19(20(26)27)23(2,21(25)28)14-13-16-9-11-18(30-3)12-10-16/h4-12,15,19H,13-14H2,1-3H3,(H,24,29)(H,26,27)/t15?,19?,23-/m1/s1. The van der Waals surface area contributed by atoms with Crippen LogP contribution in [0.15, 0.2) is 54.6 Å². The Hall–Kier alpha value is -3.35. The molecule has 1 heterocycles. The molecule has 1 aliphatic rings. The van der Waals surface area contributed by atoms with Crippen molar-refractivity contribution in [2.75, 3.05) is 7.11 Å². The van der Waals surface area contributed by atoms with Crippen molar-refractivity contribution in [3.05, 3.63) is 65.7 Å². The highest BCUT2D eigenvalue weighted by molar-refractivity contribution is 6.09. The first-order valence-corrected chi connectivity index (χ1v) is 9.82. The first-order valence-electron chi connectivity index (χ1n) is 9.82. The predicted octanol–water partition coefficient (Wildman–Crippen LogP) is 3.40. The van der Waals surface area contributed by atoms with Crippen LogP contribution < -0.4 is 10.1 Å². The molecule has 158 valence electrons. The molecule has 7 nitrogen and oxygen atoms in total. The number of hydrogen-bond acceptors (Lipinski definition) is 4. The summed E-state index contributed by atoms with van der Waals surface area (Å²) in [5.41, 5.74) is 0.696. The van der Waals surface area contributed by atoms with Gasteiger partial charge in [0, 0.05) is 0 Å². The number of ether oxygens (including phenoxy) is 1. The monoisotopic (exact) mass is 410 g/mol. The number of nitrogens with zero attached hydrogens (tertiary/aromatic N) is 1. The van der Waals surface area contributed by atoms with Crippen molar-refractivity contribution in [3.8, 4) is 5.75 Å². The Kier molecular flexibility index (Phi) is 6.10. The summed E-state index contributed by atoms with van der Waals surface area (Å²) in [7, 11) is 1.58. The number of aryl methyl sites for hydroxylation is 1. The molecule has 1 fully saturated rings. The number of amides is 3. The lowest BCUT2D eigenvalue weighted by Gasteiger charge is -2.50. The average molecular weight is 410 g/mol. The molecular weight excluding hydrogens is 384 g/mol. The van der Waals surface area contributed by atoms with Gasteiger partial charge in [0.2, 0.25) is 5.91 Å². The Morgan fingerprint density at radius 2 is 1.80 bits per heavy atom. The minimum absolute atomic E-state index is 0.327. The third kappa shape index (κ3) is 4.01. The maximum atomic E-state index is 12.9. The highest BCUT2D eigenvalue weighted by atomic mass is 16.5. The minimum Gasteiger partial charge on any atom is -0.497 e. The fraction of sp³-hybridized carbons (Fsp3) is 0.348. The molecule has 2 N–H and O–H groups in total. The summed E-state index contributed by atoms with van der Waals surface area (Å²) in [5.74, 6) is -0.931. The third-order valence-electron chi connectivity index (χ3n) is 5.75. The fourth-order valence-electron chi connectivity index (χ4n) is 3.84. The largest absolute Gasteiger partial charge is 0.497 e. The van der Waals surface area contributed by atoms with E-state index in [9.17, 15) is 19.5 Å². The van der Waals surface area contributed by atoms with E-state index in [1.54, 1.807) is 21.0 Å². The van der Waals surface area contributed by atoms with Gasteiger partial charge in [0.25, 0.3) is 0 Å². The number of carboxylic acids is 1. The van der Waals surface area contributed by atoms with E-state index in [-0.39, 0.29) is 6.04 Å². The van der Waals surface area contributed by atoms with Crippen LogP contribution in [-0.4, -0.2) is 41.1 Å². The molecule has 3 atom stereocenters. The molecule has 2 aromatic carbocycles. The summed E-state index contributed by atoms with van der Waals surface area (Å²) >= 11 is 0. The third-order valence-corrected chi connectivity index (χ3v) is 5.75. The normalized spacial score (nSPS) is 21.5. The molecule has 0 spiro atoms. The van der Waals surface area contributed by atoms with Gasteiger partial charge in [-0.2, -0.15) is 0 Å². The number of likely N-dealkylation sites (tertiary alicyclic amines) is 1. The zero-order chi connectivity index (χ0) is 21.9. The molecule has 2 unspecified atom stereocenters. The average Bonchev–Trinajstić information content (AvgIpc) is 2.75. The van der Waals surface area contributed by atoms with Crippen LogP contribution in [0.25, 0.3) is 0 Å². The van der Waals surface area contributed by atoms with Gasteiger partial charge in [-0.15, -0.1) is 0 Å². The second kappa shape index (κ2) is 8.57. The minimum atomic E-state index is -1.20. The highest BCUT2D eigenvalue weighted by Gasteiger charge is 2.63. The van der Waals surface area contributed by atoms with Crippen molar-refractivity contribution in [1.29, 1.82) is 0 Å². The SMILES string of the molecule is COc1ccc(CC[C@@]2(C)C(=O)N(C(=O)NC(C)c3ccccc3)C2C(=O)O)cc1. The number of aliphatic carboxylic acids is 1. The number of rotatable bonds is 7. The number of carboxylic acid groups (broad SMARTS) is 1. The first kappa shape index (κ1) is 21.4. The number of benzene rings is 2. The summed E-state index contributed by atoms with van der Waals surface area (Å²) < 4.78 is 5.13. The zero-order valence-electron chi connectivity index (χ0n) is 17.3. The smallest absolute Gasteiger partial charge is 0.328 e. The van der Waals surface area contributed by atoms with E-state index in [1.165, 1.54) is 0 Å². The molecule has 0 radical (unpaired) electrons. The number of carbonyl (C=O) groups excluding carboxylic acids is 2. The van der Waals surface area contributed by atoms with Crippen molar-refractivity contribution in [2.24, 2.45) is 5.41 Å². The summed E-state index contributed by atoms with van der Waals surface area (Å²) in [6.45, 7) is 3.40. The molecule has 1 aliphatic heterocycles. The van der Waals surface area contributed by atoms with Crippen molar-refractivity contribution in [2.45, 2.75) is 38.8 Å². The first-order chi connectivity index (χ1) is 14.3. The highest BCUT2D eigenvalue weighted by Crippen LogP contribution is 2.43. The molecule has 0 bridgehead atoms. The van der Waals surface area contributed by atoms with Gasteiger partial charge in [0.05, 0.1) is 18.6 Å². The van der Waals surface area contributed by atoms with E-state index in [0.717, 1.165) is 21.8 Å². The lowest BCUT2D eigenvalue weighted by Crippen LogP contribution is -2.73. The number of β-lactam (4-membered cyclic amide) rings is 1. The fourth-order valence-corrected chi connectivity index (χ4v) is 3.84. The van der Waals surface area contributed by atoms with Crippen molar-refractivity contribution in [1.82, 2.24) is 10.2 Å². The lowest BCUT2D eigenvalue weighted by molar-refractivity contribution is -0.177. The van der Waals surface area contributed by atoms with E-state index < -0.39 is 29.4 Å². The Balaban J connectivity index is 1.69. The van der Waals surface area contributed by atoms with Gasteiger partial charge in [0.1, 0.15) is 5.75 Å². The Bertz CT molecular complexity index is 928. The Morgan fingerprint density at radius 3 is 2.37 bits per heavy atom. The van der Waals surface area contributed by atoms with Crippen molar-refractivity contribution >= 4 is 17.9 Å². The number of imide groups is 1. The van der Waals surface area contributed by atoms with Gasteiger partial charge in [-0.1, -0.05) is 42.5 Å². The van der Waals surface area contributed by atoms with E-state index in [2.05, 4.69) is 5.32 Å². The second-order valence-corrected chi connectivity index (χ2v) is 7.76. The van der Waals surface area contributed by atoms with Gasteiger partial charge in [-0.05, 0) is 49.9 Å². The van der Waals surface area contributed by atoms with Crippen LogP contribution in [0.5, 0.6) is 5.75 Å². The Morgan fingerprint density at radius 1 is 1.17 bits per heavy atom. The summed E-state index contributed by atoms with van der Waals surface area (Å²) in [6.07, 6.45) is 0.846. The van der Waals surface area contributed by atoms with Gasteiger partial charge in [-0.25, -0.2) is 14.5 Å². The number of carbonyl (C=O) groups is 3. The van der Waals surface area contributed by atoms with Crippen molar-refractivity contribution < 1.29 is 24.2 Å². The van der Waals surface area contributed by atoms with Crippen LogP contribution in [0.2, 0.25) is 0 Å². The molecule has 30 heavy (non-hydrogen) atoms. The van der Waals surface area contributed by atoms with Gasteiger partial charge in [-0.3, -0.25) is 4.79 Å². The molecule has 3 amide bonds. The molecule has 7 heteroatoms. The molecule has 0 aromatic heterocycles. The van der Waals surface area contributed by atoms with Crippen molar-refractivity contribution in [3.63, 3.8) is 0 Å². The van der Waals surface area contributed by atoms with Crippen LogP contribution in [-0.2, 0) is 16.0 Å². The number of nitrogens with one attached hydrogen (secondary N) is 1. The molecular formula is C23H26N2O5. The van der Waals surface area contributed by atoms with Crippen LogP contribution in [0.4, 0.5) is 4.79 Å². The molecule has 0 aliphatic carbocycles. The van der Waals surface area contributed by atoms with Gasteiger partial charge >= 0.3 is 12.0 Å². The molecule has 1 saturated heterocycles. The van der Waals surface area contributed by atoms with E-state index in [1.807, 2.05) is 54.6 Å². The predicted molar refractivity (Wildman–Crippen MR) is 111 cm³/mol. The number of urea groups is 1. The molecule has 2 aromatic rings. The second-order valence-electron chi connectivity index (χ2n) is 7.76. The lowest BCUT2D eigenvalue weighted by atomic mass is 9.68. The van der Waals surface area contributed by atoms with Crippen LogP contribution >= 0.6 is 0 Å². The topological polar surface area (TPSA) is 95.9 Å². The van der Waals surface area contributed by atoms with Crippen LogP contribution in [0.1, 0.15) is 37.4 Å². The molecule has 3 rings (SSSR count). The van der Waals surface area contributed by atoms with Gasteiger partial charge < -0.3 is 15.2 Å². The number of methoxy groups -OCH3 is 1. The van der Waals surface area contributed by atoms with E-state index >= 15 is 0 Å². The number of hydrogen-bond donors (Lipinski definition) is 2. The summed E-state index contributed by atoms with van der Waals surface area (Å²) in [5, 5.41) is 12.5. The Labute approximate surface area is 175 Å². The van der Waals surface area contributed by atoms with Crippen LogP contribution in [0.3, 0.4) is 0 Å². The van der Waals surface area contributed by atoms with E-state index in [0.29, 0.717) is 12.8 Å².